The van der Waals surface area contributed by atoms with Crippen LogP contribution in [0.4, 0.5) is 20.2 Å². The fourth-order valence-corrected chi connectivity index (χ4v) is 3.74. The third-order valence-corrected chi connectivity index (χ3v) is 5.37. The number of rotatable bonds is 4. The van der Waals surface area contributed by atoms with E-state index in [1.54, 1.807) is 19.3 Å². The van der Waals surface area contributed by atoms with E-state index in [9.17, 15) is 14.0 Å². The van der Waals surface area contributed by atoms with Crippen molar-refractivity contribution in [2.45, 2.75) is 18.9 Å². The zero-order chi connectivity index (χ0) is 21.8. The molecule has 0 radical (unpaired) electrons. The summed E-state index contributed by atoms with van der Waals surface area (Å²) in [7, 11) is 1.57. The molecule has 2 aromatic carbocycles. The van der Waals surface area contributed by atoms with Crippen molar-refractivity contribution in [3.63, 3.8) is 0 Å². The van der Waals surface area contributed by atoms with Gasteiger partial charge in [0.1, 0.15) is 18.6 Å². The van der Waals surface area contributed by atoms with Crippen LogP contribution in [0.15, 0.2) is 53.7 Å². The molecule has 0 aromatic heterocycles. The second kappa shape index (κ2) is 9.04. The Bertz CT molecular complexity index is 1060. The third-order valence-electron chi connectivity index (χ3n) is 5.37. The van der Waals surface area contributed by atoms with Crippen molar-refractivity contribution in [1.82, 2.24) is 0 Å². The van der Waals surface area contributed by atoms with Gasteiger partial charge in [-0.3, -0.25) is 0 Å². The summed E-state index contributed by atoms with van der Waals surface area (Å²) in [5.74, 6) is -0.684. The number of benzene rings is 2. The number of ether oxygens (including phenoxy) is 2. The van der Waals surface area contributed by atoms with E-state index in [2.05, 4.69) is 16.0 Å². The Labute approximate surface area is 179 Å². The molecule has 2 aliphatic rings. The normalized spacial score (nSPS) is 16.6. The van der Waals surface area contributed by atoms with Gasteiger partial charge in [-0.2, -0.15) is 5.26 Å². The number of piperidine rings is 1. The van der Waals surface area contributed by atoms with E-state index in [1.165, 1.54) is 12.1 Å². The van der Waals surface area contributed by atoms with Gasteiger partial charge in [0.2, 0.25) is 5.90 Å². The molecule has 4 rings (SSSR count). The largest absolute Gasteiger partial charge is 0.487 e. The molecular weight excluding hydrogens is 402 g/mol. The zero-order valence-electron chi connectivity index (χ0n) is 17.1. The lowest BCUT2D eigenvalue weighted by atomic mass is 10.0. The quantitative estimate of drug-likeness (QED) is 0.736. The summed E-state index contributed by atoms with van der Waals surface area (Å²) in [4.78, 5) is 8.56. The maximum absolute atomic E-state index is 13.9. The molecule has 2 aromatic rings. The zero-order valence-corrected chi connectivity index (χ0v) is 17.1. The monoisotopic (exact) mass is 424 g/mol. The maximum Gasteiger partial charge on any atom is 0.211 e. The molecule has 0 aliphatic carbocycles. The SMILES string of the molecule is COC1=NCN(c2cc(C#N)ccc2N2CCC(Oc3ccc(F)cc3F)CC2)C=C1. The van der Waals surface area contributed by atoms with Crippen LogP contribution in [0.1, 0.15) is 18.4 Å². The number of hydrogen-bond acceptors (Lipinski definition) is 6. The molecule has 0 atom stereocenters. The predicted molar refractivity (Wildman–Crippen MR) is 114 cm³/mol. The average Bonchev–Trinajstić information content (AvgIpc) is 2.81. The fourth-order valence-electron chi connectivity index (χ4n) is 3.74. The first kappa shape index (κ1) is 20.7. The van der Waals surface area contributed by atoms with Crippen LogP contribution >= 0.6 is 0 Å². The summed E-state index contributed by atoms with van der Waals surface area (Å²) in [6.45, 7) is 1.80. The molecule has 0 bridgehead atoms. The van der Waals surface area contributed by atoms with Gasteiger partial charge in [0.15, 0.2) is 11.6 Å². The van der Waals surface area contributed by atoms with Crippen molar-refractivity contribution in [3.05, 3.63) is 65.9 Å². The van der Waals surface area contributed by atoms with Gasteiger partial charge in [0.05, 0.1) is 30.1 Å². The Balaban J connectivity index is 1.47. The lowest BCUT2D eigenvalue weighted by Crippen LogP contribution is -2.39. The van der Waals surface area contributed by atoms with Gasteiger partial charge in [-0.25, -0.2) is 13.8 Å². The van der Waals surface area contributed by atoms with Crippen molar-refractivity contribution < 1.29 is 18.3 Å². The molecule has 0 N–H and O–H groups in total. The Morgan fingerprint density at radius 1 is 1.10 bits per heavy atom. The first-order valence-corrected chi connectivity index (χ1v) is 10.0. The highest BCUT2D eigenvalue weighted by atomic mass is 19.1. The summed E-state index contributed by atoms with van der Waals surface area (Å²) >= 11 is 0. The number of anilines is 2. The molecule has 31 heavy (non-hydrogen) atoms. The number of hydrogen-bond donors (Lipinski definition) is 0. The van der Waals surface area contributed by atoms with E-state index in [0.717, 1.165) is 17.4 Å². The van der Waals surface area contributed by atoms with E-state index in [1.807, 2.05) is 23.2 Å². The summed E-state index contributed by atoms with van der Waals surface area (Å²) < 4.78 is 37.9. The van der Waals surface area contributed by atoms with Gasteiger partial charge in [-0.05, 0) is 30.3 Å². The third kappa shape index (κ3) is 4.61. The topological polar surface area (TPSA) is 61.1 Å². The van der Waals surface area contributed by atoms with Gasteiger partial charge in [0.25, 0.3) is 0 Å². The lowest BCUT2D eigenvalue weighted by molar-refractivity contribution is 0.163. The lowest BCUT2D eigenvalue weighted by Gasteiger charge is -2.36. The van der Waals surface area contributed by atoms with E-state index in [0.29, 0.717) is 44.1 Å². The van der Waals surface area contributed by atoms with Crippen molar-refractivity contribution >= 4 is 17.3 Å². The Morgan fingerprint density at radius 3 is 2.55 bits per heavy atom. The minimum Gasteiger partial charge on any atom is -0.487 e. The molecule has 6 nitrogen and oxygen atoms in total. The number of nitriles is 1. The molecule has 1 fully saturated rings. The van der Waals surface area contributed by atoms with Crippen molar-refractivity contribution in [2.75, 3.05) is 36.7 Å². The summed E-state index contributed by atoms with van der Waals surface area (Å²) in [5.41, 5.74) is 2.45. The molecule has 160 valence electrons. The summed E-state index contributed by atoms with van der Waals surface area (Å²) in [6.07, 6.45) is 4.90. The molecule has 0 saturated carbocycles. The van der Waals surface area contributed by atoms with Crippen LogP contribution in [0, 0.1) is 23.0 Å². The predicted octanol–water partition coefficient (Wildman–Crippen LogP) is 4.22. The second-order valence-corrected chi connectivity index (χ2v) is 7.32. The minimum absolute atomic E-state index is 0.0733. The molecule has 2 heterocycles. The highest BCUT2D eigenvalue weighted by Gasteiger charge is 2.25. The van der Waals surface area contributed by atoms with Crippen LogP contribution in [0.2, 0.25) is 0 Å². The van der Waals surface area contributed by atoms with Crippen LogP contribution in [-0.4, -0.2) is 38.9 Å². The summed E-state index contributed by atoms with van der Waals surface area (Å²) in [5, 5.41) is 9.34. The molecule has 0 spiro atoms. The van der Waals surface area contributed by atoms with Crippen molar-refractivity contribution in [3.8, 4) is 11.8 Å². The van der Waals surface area contributed by atoms with Crippen LogP contribution in [0.25, 0.3) is 0 Å². The molecule has 1 saturated heterocycles. The van der Waals surface area contributed by atoms with Gasteiger partial charge >= 0.3 is 0 Å². The van der Waals surface area contributed by atoms with Crippen LogP contribution in [0.3, 0.4) is 0 Å². The minimum atomic E-state index is -0.690. The van der Waals surface area contributed by atoms with Crippen molar-refractivity contribution in [2.24, 2.45) is 4.99 Å². The molecular formula is C23H22F2N4O2. The Kier molecular flexibility index (Phi) is 6.03. The van der Waals surface area contributed by atoms with Gasteiger partial charge < -0.3 is 19.3 Å². The molecule has 0 unspecified atom stereocenters. The maximum atomic E-state index is 13.9. The van der Waals surface area contributed by atoms with Gasteiger partial charge in [-0.1, -0.05) is 0 Å². The number of methoxy groups -OCH3 is 1. The fraction of sp³-hybridized carbons (Fsp3) is 0.304. The number of nitrogens with zero attached hydrogens (tertiary/aromatic N) is 4. The average molecular weight is 424 g/mol. The molecule has 0 amide bonds. The summed E-state index contributed by atoms with van der Waals surface area (Å²) in [6, 6.07) is 11.1. The standard InChI is InChI=1S/C23H22F2N4O2/c1-30-23-8-11-29(15-27-23)21-12-16(14-26)2-4-20(21)28-9-6-18(7-10-28)31-22-5-3-17(24)13-19(22)25/h2-5,8,11-13,18H,6-7,9-10,15H2,1H3. The van der Waals surface area contributed by atoms with E-state index < -0.39 is 11.6 Å². The van der Waals surface area contributed by atoms with Gasteiger partial charge in [0, 0.05) is 44.3 Å². The molecule has 8 heteroatoms. The van der Waals surface area contributed by atoms with Gasteiger partial charge in [-0.15, -0.1) is 0 Å². The highest BCUT2D eigenvalue weighted by molar-refractivity contribution is 5.89. The van der Waals surface area contributed by atoms with Crippen LogP contribution < -0.4 is 14.5 Å². The van der Waals surface area contributed by atoms with E-state index in [-0.39, 0.29) is 11.9 Å². The second-order valence-electron chi connectivity index (χ2n) is 7.32. The van der Waals surface area contributed by atoms with E-state index >= 15 is 0 Å². The first-order chi connectivity index (χ1) is 15.1. The highest BCUT2D eigenvalue weighted by Crippen LogP contribution is 2.34. The van der Waals surface area contributed by atoms with Crippen LogP contribution in [-0.2, 0) is 4.74 Å². The Morgan fingerprint density at radius 2 is 1.90 bits per heavy atom. The Hall–Kier alpha value is -3.60. The smallest absolute Gasteiger partial charge is 0.211 e. The molecule has 2 aliphatic heterocycles. The van der Waals surface area contributed by atoms with Crippen molar-refractivity contribution in [1.29, 1.82) is 5.26 Å². The first-order valence-electron chi connectivity index (χ1n) is 10.0. The van der Waals surface area contributed by atoms with Crippen LogP contribution in [0.5, 0.6) is 5.75 Å². The number of halogens is 2. The van der Waals surface area contributed by atoms with E-state index in [4.69, 9.17) is 9.47 Å². The number of aliphatic imine (C=N–C) groups is 1.